The number of aromatic nitrogens is 3. The van der Waals surface area contributed by atoms with Gasteiger partial charge in [-0.2, -0.15) is 0 Å². The topological polar surface area (TPSA) is 56.8 Å². The lowest BCUT2D eigenvalue weighted by Gasteiger charge is -2.18. The van der Waals surface area contributed by atoms with Gasteiger partial charge in [-0.05, 0) is 55.7 Å². The number of fused-ring (bicyclic) bond motifs is 4. The van der Waals surface area contributed by atoms with Crippen molar-refractivity contribution in [2.45, 2.75) is 20.3 Å². The summed E-state index contributed by atoms with van der Waals surface area (Å²) in [6.07, 6.45) is 6.74. The lowest BCUT2D eigenvalue weighted by molar-refractivity contribution is 0.303. The molecule has 0 radical (unpaired) electrons. The monoisotopic (exact) mass is 347 g/mol. The normalized spacial score (nSPS) is 11.8. The van der Waals surface area contributed by atoms with Gasteiger partial charge in [-0.1, -0.05) is 13.8 Å². The summed E-state index contributed by atoms with van der Waals surface area (Å²) < 4.78 is 0. The molecule has 0 unspecified atom stereocenters. The Morgan fingerprint density at radius 2 is 1.88 bits per heavy atom. The Kier molecular flexibility index (Phi) is 4.71. The van der Waals surface area contributed by atoms with E-state index in [1.54, 1.807) is 0 Å². The van der Waals surface area contributed by atoms with Crippen molar-refractivity contribution in [2.75, 3.05) is 31.5 Å². The van der Waals surface area contributed by atoms with E-state index < -0.39 is 0 Å². The molecule has 0 bridgehead atoms. The van der Waals surface area contributed by atoms with Gasteiger partial charge in [0.05, 0.1) is 0 Å². The molecule has 134 valence electrons. The fourth-order valence-corrected chi connectivity index (χ4v) is 3.60. The molecule has 0 spiro atoms. The molecule has 4 aromatic rings. The Labute approximate surface area is 153 Å². The zero-order valence-corrected chi connectivity index (χ0v) is 15.4. The van der Waals surface area contributed by atoms with Crippen LogP contribution in [0.5, 0.6) is 0 Å². The Morgan fingerprint density at radius 1 is 1.00 bits per heavy atom. The third kappa shape index (κ3) is 3.10. The molecular weight excluding hydrogens is 322 g/mol. The number of hydrogen-bond acceptors (Lipinski definition) is 4. The molecule has 4 rings (SSSR count). The van der Waals surface area contributed by atoms with Crippen LogP contribution in [0.3, 0.4) is 0 Å². The molecule has 5 nitrogen and oxygen atoms in total. The van der Waals surface area contributed by atoms with Gasteiger partial charge in [-0.3, -0.25) is 4.98 Å². The van der Waals surface area contributed by atoms with Crippen molar-refractivity contribution in [1.29, 1.82) is 0 Å². The smallest absolute Gasteiger partial charge is 0.133 e. The number of anilines is 1. The van der Waals surface area contributed by atoms with Crippen LogP contribution in [0, 0.1) is 0 Å². The fourth-order valence-electron chi connectivity index (χ4n) is 3.60. The summed E-state index contributed by atoms with van der Waals surface area (Å²) in [6.45, 7) is 8.68. The van der Waals surface area contributed by atoms with E-state index in [-0.39, 0.29) is 0 Å². The molecule has 0 aliphatic heterocycles. The van der Waals surface area contributed by atoms with Gasteiger partial charge in [0, 0.05) is 52.3 Å². The number of aromatic amines is 1. The predicted molar refractivity (Wildman–Crippen MR) is 110 cm³/mol. The van der Waals surface area contributed by atoms with Gasteiger partial charge >= 0.3 is 0 Å². The van der Waals surface area contributed by atoms with E-state index in [0.717, 1.165) is 60.2 Å². The maximum Gasteiger partial charge on any atom is 0.133 e. The first kappa shape index (κ1) is 16.8. The first-order valence-corrected chi connectivity index (χ1v) is 9.40. The van der Waals surface area contributed by atoms with E-state index in [9.17, 15) is 0 Å². The minimum absolute atomic E-state index is 0.927. The van der Waals surface area contributed by atoms with Gasteiger partial charge in [0.25, 0.3) is 0 Å². The highest BCUT2D eigenvalue weighted by atomic mass is 15.1. The number of nitrogens with one attached hydrogen (secondary N) is 2. The zero-order valence-electron chi connectivity index (χ0n) is 15.4. The SMILES string of the molecule is CCN(CC)CCCNc1nccc2cc3[nH]c4ccncc4c3cc12. The molecule has 3 heterocycles. The van der Waals surface area contributed by atoms with Gasteiger partial charge in [0.15, 0.2) is 0 Å². The lowest BCUT2D eigenvalue weighted by Crippen LogP contribution is -2.25. The Bertz CT molecular complexity index is 1030. The average molecular weight is 347 g/mol. The third-order valence-electron chi connectivity index (χ3n) is 5.12. The molecule has 1 aromatic carbocycles. The van der Waals surface area contributed by atoms with E-state index in [1.165, 1.54) is 10.8 Å². The summed E-state index contributed by atoms with van der Waals surface area (Å²) in [5, 5.41) is 8.23. The molecule has 0 amide bonds. The number of benzene rings is 1. The van der Waals surface area contributed by atoms with Gasteiger partial charge in [-0.15, -0.1) is 0 Å². The highest BCUT2D eigenvalue weighted by Crippen LogP contribution is 2.31. The highest BCUT2D eigenvalue weighted by molar-refractivity contribution is 6.13. The summed E-state index contributed by atoms with van der Waals surface area (Å²) in [5.41, 5.74) is 2.26. The van der Waals surface area contributed by atoms with Crippen LogP contribution in [0.2, 0.25) is 0 Å². The van der Waals surface area contributed by atoms with Crippen molar-refractivity contribution >= 4 is 38.4 Å². The molecule has 0 aliphatic rings. The number of hydrogen-bond donors (Lipinski definition) is 2. The maximum absolute atomic E-state index is 4.58. The number of pyridine rings is 2. The first-order valence-electron chi connectivity index (χ1n) is 9.40. The van der Waals surface area contributed by atoms with Crippen LogP contribution in [-0.4, -0.2) is 46.0 Å². The standard InChI is InChI=1S/C21H25N5/c1-3-26(4-2)11-5-8-23-21-16-13-17-18-14-22-9-7-19(18)25-20(17)12-15(16)6-10-24-21/h6-7,9-10,12-14,25H,3-5,8,11H2,1-2H3,(H,23,24). The van der Waals surface area contributed by atoms with Crippen LogP contribution >= 0.6 is 0 Å². The fraction of sp³-hybridized carbons (Fsp3) is 0.333. The Balaban J connectivity index is 1.63. The summed E-state index contributed by atoms with van der Waals surface area (Å²) in [7, 11) is 0. The van der Waals surface area contributed by atoms with Crippen molar-refractivity contribution in [1.82, 2.24) is 19.9 Å². The minimum Gasteiger partial charge on any atom is -0.370 e. The molecule has 26 heavy (non-hydrogen) atoms. The van der Waals surface area contributed by atoms with Gasteiger partial charge in [0.1, 0.15) is 5.82 Å². The largest absolute Gasteiger partial charge is 0.370 e. The molecule has 0 atom stereocenters. The number of rotatable bonds is 7. The average Bonchev–Trinajstić information content (AvgIpc) is 3.04. The van der Waals surface area contributed by atoms with E-state index >= 15 is 0 Å². The van der Waals surface area contributed by atoms with E-state index in [1.807, 2.05) is 24.7 Å². The quantitative estimate of drug-likeness (QED) is 0.486. The Hall–Kier alpha value is -2.66. The second kappa shape index (κ2) is 7.30. The van der Waals surface area contributed by atoms with Crippen LogP contribution in [0.25, 0.3) is 32.6 Å². The van der Waals surface area contributed by atoms with Crippen molar-refractivity contribution in [3.8, 4) is 0 Å². The minimum atomic E-state index is 0.927. The molecule has 0 saturated carbocycles. The molecular formula is C21H25N5. The van der Waals surface area contributed by atoms with Crippen LogP contribution in [0.15, 0.2) is 42.9 Å². The molecule has 0 fully saturated rings. The maximum atomic E-state index is 4.58. The van der Waals surface area contributed by atoms with Crippen LogP contribution in [0.1, 0.15) is 20.3 Å². The van der Waals surface area contributed by atoms with Crippen LogP contribution in [0.4, 0.5) is 5.82 Å². The first-order chi connectivity index (χ1) is 12.8. The molecule has 3 aromatic heterocycles. The molecule has 0 saturated heterocycles. The van der Waals surface area contributed by atoms with E-state index in [4.69, 9.17) is 0 Å². The molecule has 2 N–H and O–H groups in total. The van der Waals surface area contributed by atoms with Crippen LogP contribution < -0.4 is 5.32 Å². The molecule has 0 aliphatic carbocycles. The zero-order chi connectivity index (χ0) is 17.9. The van der Waals surface area contributed by atoms with E-state index in [0.29, 0.717) is 0 Å². The second-order valence-electron chi connectivity index (χ2n) is 6.63. The molecule has 5 heteroatoms. The highest BCUT2D eigenvalue weighted by Gasteiger charge is 2.09. The number of H-pyrrole nitrogens is 1. The van der Waals surface area contributed by atoms with Crippen LogP contribution in [-0.2, 0) is 0 Å². The van der Waals surface area contributed by atoms with Gasteiger partial charge in [0.2, 0.25) is 0 Å². The van der Waals surface area contributed by atoms with E-state index in [2.05, 4.69) is 57.2 Å². The van der Waals surface area contributed by atoms with Gasteiger partial charge in [-0.25, -0.2) is 4.98 Å². The number of nitrogens with zero attached hydrogens (tertiary/aromatic N) is 3. The second-order valence-corrected chi connectivity index (χ2v) is 6.63. The van der Waals surface area contributed by atoms with Crippen molar-refractivity contribution < 1.29 is 0 Å². The van der Waals surface area contributed by atoms with Gasteiger partial charge < -0.3 is 15.2 Å². The summed E-state index contributed by atoms with van der Waals surface area (Å²) in [6, 6.07) is 8.52. The summed E-state index contributed by atoms with van der Waals surface area (Å²) >= 11 is 0. The van der Waals surface area contributed by atoms with Crippen molar-refractivity contribution in [2.24, 2.45) is 0 Å². The lowest BCUT2D eigenvalue weighted by atomic mass is 10.1. The third-order valence-corrected chi connectivity index (χ3v) is 5.12. The Morgan fingerprint density at radius 3 is 2.73 bits per heavy atom. The van der Waals surface area contributed by atoms with Crippen molar-refractivity contribution in [3.05, 3.63) is 42.9 Å². The van der Waals surface area contributed by atoms with Crippen molar-refractivity contribution in [3.63, 3.8) is 0 Å². The predicted octanol–water partition coefficient (Wildman–Crippen LogP) is 4.41. The summed E-state index contributed by atoms with van der Waals surface area (Å²) in [5.74, 6) is 0.960. The summed E-state index contributed by atoms with van der Waals surface area (Å²) in [4.78, 5) is 14.8.